The van der Waals surface area contributed by atoms with Crippen LogP contribution in [0, 0.1) is 0 Å². The number of imidazole rings is 1. The van der Waals surface area contributed by atoms with E-state index in [-0.39, 0.29) is 6.04 Å². The van der Waals surface area contributed by atoms with Gasteiger partial charge in [-0.2, -0.15) is 4.98 Å². The van der Waals surface area contributed by atoms with Gasteiger partial charge in [0.1, 0.15) is 18.2 Å². The molecule has 0 saturated heterocycles. The van der Waals surface area contributed by atoms with Crippen molar-refractivity contribution in [3.63, 3.8) is 0 Å². The lowest BCUT2D eigenvalue weighted by molar-refractivity contribution is 0.154. The number of rotatable bonds is 6. The molecule has 2 heterocycles. The number of nitrogens with zero attached hydrogens (tertiary/aromatic N) is 4. The monoisotopic (exact) mass is 407 g/mol. The summed E-state index contributed by atoms with van der Waals surface area (Å²) in [4.78, 5) is 13.5. The lowest BCUT2D eigenvalue weighted by atomic mass is 9.96. The van der Waals surface area contributed by atoms with Crippen LogP contribution in [0.1, 0.15) is 23.3 Å². The molecule has 2 N–H and O–H groups in total. The Morgan fingerprint density at radius 2 is 1.42 bits per heavy atom. The summed E-state index contributed by atoms with van der Waals surface area (Å²) in [5.41, 5.74) is 3.61. The Balaban J connectivity index is 1.50. The highest BCUT2D eigenvalue weighted by atomic mass is 16.3. The van der Waals surface area contributed by atoms with E-state index < -0.39 is 6.10 Å². The summed E-state index contributed by atoms with van der Waals surface area (Å²) in [7, 11) is 0. The first kappa shape index (κ1) is 19.0. The van der Waals surface area contributed by atoms with Gasteiger partial charge in [0, 0.05) is 6.20 Å². The fraction of sp³-hybridized carbons (Fsp3) is 0.0800. The van der Waals surface area contributed by atoms with Crippen molar-refractivity contribution in [2.24, 2.45) is 0 Å². The third-order valence-electron chi connectivity index (χ3n) is 5.23. The van der Waals surface area contributed by atoms with Crippen LogP contribution in [0.2, 0.25) is 0 Å². The number of aromatic nitrogens is 4. The van der Waals surface area contributed by atoms with Crippen LogP contribution in [0.3, 0.4) is 0 Å². The number of nitrogens with one attached hydrogen (secondary N) is 1. The summed E-state index contributed by atoms with van der Waals surface area (Å²) < 4.78 is 1.85. The number of anilines is 1. The highest BCUT2D eigenvalue weighted by Crippen LogP contribution is 2.31. The molecular weight excluding hydrogens is 386 g/mol. The Hall–Kier alpha value is -4.03. The highest BCUT2D eigenvalue weighted by Gasteiger charge is 2.23. The predicted octanol–water partition coefficient (Wildman–Crippen LogP) is 4.70. The molecule has 5 aromatic rings. The minimum Gasteiger partial charge on any atom is -0.386 e. The summed E-state index contributed by atoms with van der Waals surface area (Å²) in [5, 5.41) is 14.6. The van der Waals surface area contributed by atoms with Crippen molar-refractivity contribution in [3.05, 3.63) is 115 Å². The van der Waals surface area contributed by atoms with Crippen molar-refractivity contribution in [1.29, 1.82) is 0 Å². The van der Waals surface area contributed by atoms with Crippen LogP contribution in [0.15, 0.2) is 104 Å². The fourth-order valence-electron chi connectivity index (χ4n) is 3.67. The van der Waals surface area contributed by atoms with Crippen molar-refractivity contribution in [3.8, 4) is 5.95 Å². The number of hydrogen-bond acceptors (Lipinski definition) is 5. The van der Waals surface area contributed by atoms with Crippen LogP contribution in [0.25, 0.3) is 17.0 Å². The third-order valence-corrected chi connectivity index (χ3v) is 5.23. The van der Waals surface area contributed by atoms with Crippen molar-refractivity contribution in [1.82, 2.24) is 19.5 Å². The van der Waals surface area contributed by atoms with Crippen LogP contribution < -0.4 is 5.32 Å². The zero-order valence-electron chi connectivity index (χ0n) is 16.7. The first-order chi connectivity index (χ1) is 15.3. The van der Waals surface area contributed by atoms with E-state index in [0.717, 1.165) is 22.2 Å². The highest BCUT2D eigenvalue weighted by molar-refractivity contribution is 5.76. The van der Waals surface area contributed by atoms with Crippen LogP contribution in [0.4, 0.5) is 5.82 Å². The largest absolute Gasteiger partial charge is 0.386 e. The molecule has 0 bridgehead atoms. The van der Waals surface area contributed by atoms with Gasteiger partial charge in [-0.3, -0.25) is 4.57 Å². The van der Waals surface area contributed by atoms with Gasteiger partial charge in [-0.1, -0.05) is 72.8 Å². The number of aliphatic hydroxyl groups excluding tert-OH is 1. The summed E-state index contributed by atoms with van der Waals surface area (Å²) in [6.07, 6.45) is 2.67. The van der Waals surface area contributed by atoms with E-state index in [4.69, 9.17) is 4.98 Å². The SMILES string of the molecule is O[C@@H](c1ccccc1)[C@H](Nc1ccnc(-n2cnc3ccccc32)n1)c1ccccc1. The molecule has 2 aromatic heterocycles. The summed E-state index contributed by atoms with van der Waals surface area (Å²) in [6, 6.07) is 28.8. The Kier molecular flexibility index (Phi) is 5.12. The van der Waals surface area contributed by atoms with Gasteiger partial charge < -0.3 is 10.4 Å². The molecule has 6 nitrogen and oxygen atoms in total. The molecule has 2 atom stereocenters. The molecule has 3 aromatic carbocycles. The van der Waals surface area contributed by atoms with E-state index in [0.29, 0.717) is 11.8 Å². The van der Waals surface area contributed by atoms with E-state index in [1.54, 1.807) is 18.6 Å². The molecule has 0 spiro atoms. The third kappa shape index (κ3) is 3.89. The van der Waals surface area contributed by atoms with Crippen molar-refractivity contribution >= 4 is 16.9 Å². The first-order valence-electron chi connectivity index (χ1n) is 10.1. The average molecular weight is 407 g/mol. The number of aliphatic hydroxyl groups is 1. The maximum atomic E-state index is 11.2. The van der Waals surface area contributed by atoms with Gasteiger partial charge in [-0.25, -0.2) is 9.97 Å². The van der Waals surface area contributed by atoms with Gasteiger partial charge in [0.15, 0.2) is 0 Å². The Labute approximate surface area is 179 Å². The van der Waals surface area contributed by atoms with Crippen LogP contribution in [0.5, 0.6) is 0 Å². The van der Waals surface area contributed by atoms with Gasteiger partial charge in [-0.05, 0) is 29.3 Å². The van der Waals surface area contributed by atoms with Gasteiger partial charge >= 0.3 is 0 Å². The molecule has 0 radical (unpaired) electrons. The minimum absolute atomic E-state index is 0.383. The molecule has 0 aliphatic heterocycles. The van der Waals surface area contributed by atoms with Gasteiger partial charge in [0.05, 0.1) is 17.1 Å². The molecule has 6 heteroatoms. The second kappa shape index (κ2) is 8.38. The van der Waals surface area contributed by atoms with Gasteiger partial charge in [0.2, 0.25) is 5.95 Å². The molecule has 5 rings (SSSR count). The molecule has 0 saturated carbocycles. The molecule has 152 valence electrons. The van der Waals surface area contributed by atoms with Crippen molar-refractivity contribution < 1.29 is 5.11 Å². The normalized spacial score (nSPS) is 13.1. The van der Waals surface area contributed by atoms with Crippen molar-refractivity contribution in [2.75, 3.05) is 5.32 Å². The van der Waals surface area contributed by atoms with Crippen LogP contribution in [-0.4, -0.2) is 24.6 Å². The van der Waals surface area contributed by atoms with E-state index in [2.05, 4.69) is 15.3 Å². The molecular formula is C25H21N5O. The van der Waals surface area contributed by atoms with Gasteiger partial charge in [0.25, 0.3) is 0 Å². The molecule has 31 heavy (non-hydrogen) atoms. The summed E-state index contributed by atoms with van der Waals surface area (Å²) >= 11 is 0. The topological polar surface area (TPSA) is 75.9 Å². The van der Waals surface area contributed by atoms with E-state index in [1.165, 1.54) is 0 Å². The molecule has 0 fully saturated rings. The summed E-state index contributed by atoms with van der Waals surface area (Å²) in [6.45, 7) is 0. The van der Waals surface area contributed by atoms with Crippen LogP contribution in [-0.2, 0) is 0 Å². The van der Waals surface area contributed by atoms with E-state index in [9.17, 15) is 5.11 Å². The second-order valence-electron chi connectivity index (χ2n) is 7.23. The fourth-order valence-corrected chi connectivity index (χ4v) is 3.67. The first-order valence-corrected chi connectivity index (χ1v) is 10.1. The summed E-state index contributed by atoms with van der Waals surface area (Å²) in [5.74, 6) is 1.13. The zero-order chi connectivity index (χ0) is 21.0. The minimum atomic E-state index is -0.754. The van der Waals surface area contributed by atoms with E-state index >= 15 is 0 Å². The predicted molar refractivity (Wildman–Crippen MR) is 121 cm³/mol. The second-order valence-corrected chi connectivity index (χ2v) is 7.23. The Morgan fingerprint density at radius 1 is 0.742 bits per heavy atom. The maximum Gasteiger partial charge on any atom is 0.237 e. The van der Waals surface area contributed by atoms with Crippen LogP contribution >= 0.6 is 0 Å². The number of fused-ring (bicyclic) bond motifs is 1. The molecule has 0 unspecified atom stereocenters. The lowest BCUT2D eigenvalue weighted by Gasteiger charge is -2.25. The average Bonchev–Trinajstić information content (AvgIpc) is 3.28. The molecule has 0 aliphatic carbocycles. The standard InChI is InChI=1S/C25H21N5O/c31-24(19-11-5-2-6-12-19)23(18-9-3-1-4-10-18)28-22-15-16-26-25(29-22)30-17-27-20-13-7-8-14-21(20)30/h1-17,23-24,31H,(H,26,28,29)/t23-,24+/m1/s1. The Bertz CT molecular complexity index is 1290. The lowest BCUT2D eigenvalue weighted by Crippen LogP contribution is -2.20. The van der Waals surface area contributed by atoms with E-state index in [1.807, 2.05) is 89.5 Å². The number of hydrogen-bond donors (Lipinski definition) is 2. The van der Waals surface area contributed by atoms with Crippen molar-refractivity contribution in [2.45, 2.75) is 12.1 Å². The number of benzene rings is 3. The molecule has 0 amide bonds. The maximum absolute atomic E-state index is 11.2. The quantitative estimate of drug-likeness (QED) is 0.427. The Morgan fingerprint density at radius 3 is 2.19 bits per heavy atom. The molecule has 0 aliphatic rings. The zero-order valence-corrected chi connectivity index (χ0v) is 16.7. The van der Waals surface area contributed by atoms with Gasteiger partial charge in [-0.15, -0.1) is 0 Å². The smallest absolute Gasteiger partial charge is 0.237 e. The number of para-hydroxylation sites is 2.